The molecule has 5 nitrogen and oxygen atoms in total. The number of carbonyl (C=O) groups excluding carboxylic acids is 1. The molecule has 1 aromatic carbocycles. The van der Waals surface area contributed by atoms with E-state index in [9.17, 15) is 4.79 Å². The number of benzene rings is 1. The van der Waals surface area contributed by atoms with Crippen LogP contribution in [0.1, 0.15) is 65.7 Å². The van der Waals surface area contributed by atoms with E-state index in [4.69, 9.17) is 14.2 Å². The highest BCUT2D eigenvalue weighted by Gasteiger charge is 2.28. The van der Waals surface area contributed by atoms with Crippen molar-refractivity contribution in [2.75, 3.05) is 19.7 Å². The van der Waals surface area contributed by atoms with Crippen molar-refractivity contribution in [1.82, 2.24) is 4.90 Å². The Morgan fingerprint density at radius 1 is 1.04 bits per heavy atom. The molecule has 3 rings (SSSR count). The van der Waals surface area contributed by atoms with Crippen LogP contribution in [0.5, 0.6) is 11.5 Å². The molecule has 0 aromatic heterocycles. The Morgan fingerprint density at radius 2 is 1.75 bits per heavy atom. The Balaban J connectivity index is 1.53. The highest BCUT2D eigenvalue weighted by Crippen LogP contribution is 2.31. The highest BCUT2D eigenvalue weighted by atomic mass is 16.6. The van der Waals surface area contributed by atoms with Gasteiger partial charge in [0.1, 0.15) is 5.60 Å². The van der Waals surface area contributed by atoms with E-state index in [1.165, 1.54) is 19.3 Å². The standard InChI is InChI=1S/C23H35NO4/c1-23(2,3)28-22(25)24-15-9-10-18(16-24)17-26-20-13-7-8-14-21(20)27-19-11-5-4-6-12-19/h7-8,13-14,18-19H,4-6,9-12,15-17H2,1-3H3. The molecule has 0 radical (unpaired) electrons. The minimum Gasteiger partial charge on any atom is -0.489 e. The molecule has 2 aliphatic rings. The monoisotopic (exact) mass is 389 g/mol. The number of likely N-dealkylation sites (tertiary alicyclic amines) is 1. The van der Waals surface area contributed by atoms with Gasteiger partial charge in [0.15, 0.2) is 11.5 Å². The second-order valence-corrected chi connectivity index (χ2v) is 9.07. The number of rotatable bonds is 5. The first-order chi connectivity index (χ1) is 13.4. The van der Waals surface area contributed by atoms with Crippen LogP contribution < -0.4 is 9.47 Å². The summed E-state index contributed by atoms with van der Waals surface area (Å²) in [5.74, 6) is 1.96. The van der Waals surface area contributed by atoms with E-state index in [2.05, 4.69) is 0 Å². The second kappa shape index (κ2) is 9.53. The Labute approximate surface area is 169 Å². The number of ether oxygens (including phenoxy) is 3. The van der Waals surface area contributed by atoms with Gasteiger partial charge >= 0.3 is 6.09 Å². The summed E-state index contributed by atoms with van der Waals surface area (Å²) in [7, 11) is 0. The van der Waals surface area contributed by atoms with Gasteiger partial charge in [-0.25, -0.2) is 4.79 Å². The summed E-state index contributed by atoms with van der Waals surface area (Å²) in [5, 5.41) is 0. The predicted molar refractivity (Wildman–Crippen MR) is 110 cm³/mol. The first-order valence-electron chi connectivity index (χ1n) is 10.8. The van der Waals surface area contributed by atoms with Crippen LogP contribution in [0.4, 0.5) is 4.79 Å². The number of hydrogen-bond donors (Lipinski definition) is 0. The summed E-state index contributed by atoms with van der Waals surface area (Å²) < 4.78 is 17.9. The first kappa shape index (κ1) is 20.8. The molecule has 0 N–H and O–H groups in total. The lowest BCUT2D eigenvalue weighted by atomic mass is 9.98. The molecule has 1 heterocycles. The summed E-state index contributed by atoms with van der Waals surface area (Å²) >= 11 is 0. The van der Waals surface area contributed by atoms with E-state index >= 15 is 0 Å². The lowest BCUT2D eigenvalue weighted by Gasteiger charge is -2.34. The van der Waals surface area contributed by atoms with Crippen LogP contribution in [0.25, 0.3) is 0 Å². The molecule has 1 aliphatic heterocycles. The lowest BCUT2D eigenvalue weighted by molar-refractivity contribution is 0.0137. The van der Waals surface area contributed by atoms with Crippen LogP contribution in [-0.2, 0) is 4.74 Å². The van der Waals surface area contributed by atoms with Crippen LogP contribution in [-0.4, -0.2) is 42.4 Å². The predicted octanol–water partition coefficient (Wildman–Crippen LogP) is 5.42. The van der Waals surface area contributed by atoms with Crippen molar-refractivity contribution in [3.05, 3.63) is 24.3 Å². The number of para-hydroxylation sites is 2. The Bertz CT molecular complexity index is 634. The van der Waals surface area contributed by atoms with Gasteiger partial charge in [-0.3, -0.25) is 0 Å². The van der Waals surface area contributed by atoms with Gasteiger partial charge in [0.05, 0.1) is 12.7 Å². The lowest BCUT2D eigenvalue weighted by Crippen LogP contribution is -2.44. The average molecular weight is 390 g/mol. The number of piperidine rings is 1. The number of nitrogens with zero attached hydrogens (tertiary/aromatic N) is 1. The van der Waals surface area contributed by atoms with E-state index < -0.39 is 5.60 Å². The summed E-state index contributed by atoms with van der Waals surface area (Å²) in [6, 6.07) is 7.96. The van der Waals surface area contributed by atoms with Gasteiger partial charge in [-0.1, -0.05) is 18.6 Å². The van der Waals surface area contributed by atoms with Gasteiger partial charge in [-0.05, 0) is 71.4 Å². The van der Waals surface area contributed by atoms with Crippen molar-refractivity contribution < 1.29 is 19.0 Å². The third-order valence-electron chi connectivity index (χ3n) is 5.34. The van der Waals surface area contributed by atoms with E-state index in [1.54, 1.807) is 0 Å². The van der Waals surface area contributed by atoms with Crippen LogP contribution in [0.3, 0.4) is 0 Å². The van der Waals surface area contributed by atoms with Crippen molar-refractivity contribution >= 4 is 6.09 Å². The van der Waals surface area contributed by atoms with E-state index in [0.29, 0.717) is 25.2 Å². The fourth-order valence-corrected chi connectivity index (χ4v) is 3.93. The zero-order chi connectivity index (χ0) is 20.0. The summed E-state index contributed by atoms with van der Waals surface area (Å²) in [6.45, 7) is 7.73. The van der Waals surface area contributed by atoms with E-state index in [-0.39, 0.29) is 6.09 Å². The maximum atomic E-state index is 12.4. The molecule has 0 spiro atoms. The molecule has 1 atom stereocenters. The molecular weight excluding hydrogens is 354 g/mol. The quantitative estimate of drug-likeness (QED) is 0.674. The molecular formula is C23H35NO4. The molecule has 28 heavy (non-hydrogen) atoms. The van der Waals surface area contributed by atoms with Crippen molar-refractivity contribution in [3.8, 4) is 11.5 Å². The molecule has 1 amide bonds. The SMILES string of the molecule is CC(C)(C)OC(=O)N1CCCC(COc2ccccc2OC2CCCCC2)C1. The number of carbonyl (C=O) groups is 1. The van der Waals surface area contributed by atoms with Crippen LogP contribution in [0, 0.1) is 5.92 Å². The van der Waals surface area contributed by atoms with Crippen molar-refractivity contribution in [2.45, 2.75) is 77.4 Å². The highest BCUT2D eigenvalue weighted by molar-refractivity contribution is 5.68. The molecule has 156 valence electrons. The Kier molecular flexibility index (Phi) is 7.08. The molecule has 1 unspecified atom stereocenters. The van der Waals surface area contributed by atoms with Gasteiger partial charge in [-0.15, -0.1) is 0 Å². The maximum Gasteiger partial charge on any atom is 0.410 e. The average Bonchev–Trinajstić information content (AvgIpc) is 2.67. The maximum absolute atomic E-state index is 12.4. The van der Waals surface area contributed by atoms with Crippen LogP contribution in [0.2, 0.25) is 0 Å². The minimum atomic E-state index is -0.462. The zero-order valence-corrected chi connectivity index (χ0v) is 17.6. The molecule has 5 heteroatoms. The van der Waals surface area contributed by atoms with Crippen molar-refractivity contribution in [3.63, 3.8) is 0 Å². The van der Waals surface area contributed by atoms with Gasteiger partial charge in [0, 0.05) is 19.0 Å². The summed E-state index contributed by atoms with van der Waals surface area (Å²) in [5.41, 5.74) is -0.462. The number of hydrogen-bond acceptors (Lipinski definition) is 4. The Morgan fingerprint density at radius 3 is 2.46 bits per heavy atom. The van der Waals surface area contributed by atoms with Gasteiger partial charge in [0.2, 0.25) is 0 Å². The Hall–Kier alpha value is -1.91. The third kappa shape index (κ3) is 6.32. The zero-order valence-electron chi connectivity index (χ0n) is 17.6. The third-order valence-corrected chi connectivity index (χ3v) is 5.34. The normalized spacial score (nSPS) is 21.2. The summed E-state index contributed by atoms with van der Waals surface area (Å²) in [4.78, 5) is 14.2. The number of amides is 1. The van der Waals surface area contributed by atoms with Gasteiger partial charge in [0.25, 0.3) is 0 Å². The first-order valence-corrected chi connectivity index (χ1v) is 10.8. The molecule has 1 aliphatic carbocycles. The topological polar surface area (TPSA) is 48.0 Å². The molecule has 1 saturated heterocycles. The van der Waals surface area contributed by atoms with E-state index in [1.807, 2.05) is 49.9 Å². The van der Waals surface area contributed by atoms with Gasteiger partial charge in [-0.2, -0.15) is 0 Å². The van der Waals surface area contributed by atoms with Crippen LogP contribution in [0.15, 0.2) is 24.3 Å². The second-order valence-electron chi connectivity index (χ2n) is 9.07. The smallest absolute Gasteiger partial charge is 0.410 e. The summed E-state index contributed by atoms with van der Waals surface area (Å²) in [6.07, 6.45) is 8.18. The fourth-order valence-electron chi connectivity index (χ4n) is 3.93. The van der Waals surface area contributed by atoms with Crippen molar-refractivity contribution in [2.24, 2.45) is 5.92 Å². The van der Waals surface area contributed by atoms with Gasteiger partial charge < -0.3 is 19.1 Å². The molecule has 1 saturated carbocycles. The largest absolute Gasteiger partial charge is 0.489 e. The molecule has 2 fully saturated rings. The molecule has 0 bridgehead atoms. The van der Waals surface area contributed by atoms with Crippen molar-refractivity contribution in [1.29, 1.82) is 0 Å². The molecule has 1 aromatic rings. The fraction of sp³-hybridized carbons (Fsp3) is 0.696. The van der Waals surface area contributed by atoms with Crippen LogP contribution >= 0.6 is 0 Å². The van der Waals surface area contributed by atoms with E-state index in [0.717, 1.165) is 43.7 Å². The minimum absolute atomic E-state index is 0.224.